The van der Waals surface area contributed by atoms with E-state index >= 15 is 0 Å². The number of para-hydroxylation sites is 1. The molecule has 0 aliphatic heterocycles. The van der Waals surface area contributed by atoms with Gasteiger partial charge in [-0.2, -0.15) is 0 Å². The Morgan fingerprint density at radius 2 is 2.06 bits per heavy atom. The van der Waals surface area contributed by atoms with Crippen LogP contribution >= 0.6 is 0 Å². The molecule has 0 saturated carbocycles. The summed E-state index contributed by atoms with van der Waals surface area (Å²) in [5.74, 6) is -0.578. The van der Waals surface area contributed by atoms with Crippen molar-refractivity contribution in [2.45, 2.75) is 19.8 Å². The molecule has 0 spiro atoms. The van der Waals surface area contributed by atoms with Gasteiger partial charge >= 0.3 is 5.97 Å². The van der Waals surface area contributed by atoms with E-state index < -0.39 is 5.97 Å². The monoisotopic (exact) mass is 231 g/mol. The smallest absolute Gasteiger partial charge is 0.375 e. The average molecular weight is 231 g/mol. The van der Waals surface area contributed by atoms with Crippen LogP contribution in [0.15, 0.2) is 30.3 Å². The Bertz CT molecular complexity index is 520. The topological polar surface area (TPSA) is 68.0 Å². The Labute approximate surface area is 98.7 Å². The van der Waals surface area contributed by atoms with Crippen LogP contribution in [0.1, 0.15) is 29.8 Å². The lowest BCUT2D eigenvalue weighted by Crippen LogP contribution is -2.03. The second-order valence-corrected chi connectivity index (χ2v) is 3.65. The summed E-state index contributed by atoms with van der Waals surface area (Å²) in [6.07, 6.45) is 1.60. The van der Waals surface area contributed by atoms with Crippen LogP contribution in [-0.2, 0) is 6.42 Å². The van der Waals surface area contributed by atoms with Gasteiger partial charge < -0.3 is 5.11 Å². The van der Waals surface area contributed by atoms with Gasteiger partial charge in [0, 0.05) is 6.42 Å². The molecule has 0 unspecified atom stereocenters. The van der Waals surface area contributed by atoms with Crippen molar-refractivity contribution >= 4 is 5.97 Å². The Balaban J connectivity index is 2.48. The first-order valence-electron chi connectivity index (χ1n) is 5.47. The second-order valence-electron chi connectivity index (χ2n) is 3.65. The summed E-state index contributed by atoms with van der Waals surface area (Å²) in [6, 6.07) is 9.41. The van der Waals surface area contributed by atoms with Gasteiger partial charge in [0.1, 0.15) is 5.82 Å². The largest absolute Gasteiger partial charge is 0.475 e. The predicted octanol–water partition coefficient (Wildman–Crippen LogP) is 1.92. The van der Waals surface area contributed by atoms with Crippen molar-refractivity contribution in [1.82, 2.24) is 14.8 Å². The van der Waals surface area contributed by atoms with Crippen LogP contribution in [0.5, 0.6) is 0 Å². The third kappa shape index (κ3) is 2.33. The Morgan fingerprint density at radius 1 is 1.35 bits per heavy atom. The van der Waals surface area contributed by atoms with Gasteiger partial charge in [-0.15, -0.1) is 5.10 Å². The zero-order chi connectivity index (χ0) is 12.3. The molecule has 5 heteroatoms. The van der Waals surface area contributed by atoms with Crippen molar-refractivity contribution in [3.63, 3.8) is 0 Å². The van der Waals surface area contributed by atoms with Crippen LogP contribution in [0.25, 0.3) is 5.69 Å². The summed E-state index contributed by atoms with van der Waals surface area (Å²) < 4.78 is 1.59. The molecule has 1 N–H and O–H groups in total. The van der Waals surface area contributed by atoms with Crippen LogP contribution in [0.4, 0.5) is 0 Å². The van der Waals surface area contributed by atoms with Gasteiger partial charge in [0.25, 0.3) is 5.82 Å². The summed E-state index contributed by atoms with van der Waals surface area (Å²) >= 11 is 0. The van der Waals surface area contributed by atoms with Crippen LogP contribution in [0, 0.1) is 0 Å². The second kappa shape index (κ2) is 4.78. The third-order valence-electron chi connectivity index (χ3n) is 2.34. The van der Waals surface area contributed by atoms with E-state index in [2.05, 4.69) is 10.1 Å². The molecule has 2 rings (SSSR count). The highest BCUT2D eigenvalue weighted by Gasteiger charge is 2.15. The summed E-state index contributed by atoms with van der Waals surface area (Å²) in [7, 11) is 0. The maximum Gasteiger partial charge on any atom is 0.375 e. The number of carboxylic acid groups (broad SMARTS) is 1. The van der Waals surface area contributed by atoms with Gasteiger partial charge in [-0.05, 0) is 18.6 Å². The summed E-state index contributed by atoms with van der Waals surface area (Å²) in [6.45, 7) is 2.02. The first kappa shape index (κ1) is 11.3. The van der Waals surface area contributed by atoms with Gasteiger partial charge in [0.2, 0.25) is 0 Å². The van der Waals surface area contributed by atoms with E-state index in [0.29, 0.717) is 12.2 Å². The minimum absolute atomic E-state index is 0.155. The van der Waals surface area contributed by atoms with Gasteiger partial charge in [-0.1, -0.05) is 25.1 Å². The Kier molecular flexibility index (Phi) is 3.18. The van der Waals surface area contributed by atoms with E-state index in [1.54, 1.807) is 4.68 Å². The first-order chi connectivity index (χ1) is 8.22. The van der Waals surface area contributed by atoms with Crippen molar-refractivity contribution in [3.8, 4) is 5.69 Å². The molecule has 0 radical (unpaired) electrons. The molecule has 0 aliphatic carbocycles. The summed E-state index contributed by atoms with van der Waals surface area (Å²) in [5, 5.41) is 12.9. The zero-order valence-corrected chi connectivity index (χ0v) is 9.50. The number of carboxylic acids is 1. The average Bonchev–Trinajstić information content (AvgIpc) is 2.75. The van der Waals surface area contributed by atoms with E-state index in [1.807, 2.05) is 37.3 Å². The summed E-state index contributed by atoms with van der Waals surface area (Å²) in [4.78, 5) is 14.9. The number of aryl methyl sites for hydroxylation is 1. The molecular weight excluding hydrogens is 218 g/mol. The number of carbonyl (C=O) groups is 1. The fourth-order valence-electron chi connectivity index (χ4n) is 1.60. The van der Waals surface area contributed by atoms with Gasteiger partial charge in [0.05, 0.1) is 5.69 Å². The molecule has 0 amide bonds. The van der Waals surface area contributed by atoms with E-state index in [4.69, 9.17) is 5.11 Å². The van der Waals surface area contributed by atoms with Crippen LogP contribution in [0.3, 0.4) is 0 Å². The van der Waals surface area contributed by atoms with Crippen LogP contribution < -0.4 is 0 Å². The van der Waals surface area contributed by atoms with Gasteiger partial charge in [-0.3, -0.25) is 0 Å². The normalized spacial score (nSPS) is 10.4. The van der Waals surface area contributed by atoms with Crippen LogP contribution in [-0.4, -0.2) is 25.8 Å². The van der Waals surface area contributed by atoms with Gasteiger partial charge in [0.15, 0.2) is 0 Å². The number of hydrogen-bond acceptors (Lipinski definition) is 3. The van der Waals surface area contributed by atoms with E-state index in [-0.39, 0.29) is 5.82 Å². The molecule has 0 fully saturated rings. The first-order valence-corrected chi connectivity index (χ1v) is 5.47. The molecule has 88 valence electrons. The molecule has 0 saturated heterocycles. The van der Waals surface area contributed by atoms with E-state index in [0.717, 1.165) is 12.1 Å². The van der Waals surface area contributed by atoms with E-state index in [1.165, 1.54) is 0 Å². The lowest BCUT2D eigenvalue weighted by atomic mass is 10.3. The van der Waals surface area contributed by atoms with Crippen molar-refractivity contribution < 1.29 is 9.90 Å². The quantitative estimate of drug-likeness (QED) is 0.872. The highest BCUT2D eigenvalue weighted by atomic mass is 16.4. The predicted molar refractivity (Wildman–Crippen MR) is 62.3 cm³/mol. The lowest BCUT2D eigenvalue weighted by Gasteiger charge is -2.03. The number of hydrogen-bond donors (Lipinski definition) is 1. The van der Waals surface area contributed by atoms with Crippen molar-refractivity contribution in [2.24, 2.45) is 0 Å². The maximum atomic E-state index is 10.9. The van der Waals surface area contributed by atoms with Crippen molar-refractivity contribution in [1.29, 1.82) is 0 Å². The molecule has 1 aromatic heterocycles. The minimum Gasteiger partial charge on any atom is -0.475 e. The fourth-order valence-corrected chi connectivity index (χ4v) is 1.60. The molecule has 17 heavy (non-hydrogen) atoms. The molecule has 0 aliphatic rings. The number of aromatic nitrogens is 3. The highest BCUT2D eigenvalue weighted by molar-refractivity contribution is 5.83. The Morgan fingerprint density at radius 3 is 2.65 bits per heavy atom. The summed E-state index contributed by atoms with van der Waals surface area (Å²) in [5.41, 5.74) is 0.830. The molecule has 5 nitrogen and oxygen atoms in total. The van der Waals surface area contributed by atoms with Crippen molar-refractivity contribution in [3.05, 3.63) is 42.0 Å². The van der Waals surface area contributed by atoms with Crippen LogP contribution in [0.2, 0.25) is 0 Å². The molecule has 0 bridgehead atoms. The zero-order valence-electron chi connectivity index (χ0n) is 9.50. The number of rotatable bonds is 4. The minimum atomic E-state index is -1.10. The fraction of sp³-hybridized carbons (Fsp3) is 0.250. The van der Waals surface area contributed by atoms with Crippen molar-refractivity contribution in [2.75, 3.05) is 0 Å². The molecule has 1 heterocycles. The third-order valence-corrected chi connectivity index (χ3v) is 2.34. The molecular formula is C12H13N3O2. The molecule has 0 atom stereocenters. The molecule has 2 aromatic rings. The number of benzene rings is 1. The highest BCUT2D eigenvalue weighted by Crippen LogP contribution is 2.11. The maximum absolute atomic E-state index is 10.9. The SMILES string of the molecule is CCCc1nc(C(=O)O)nn1-c1ccccc1. The van der Waals surface area contributed by atoms with E-state index in [9.17, 15) is 4.79 Å². The molecule has 1 aromatic carbocycles. The van der Waals surface area contributed by atoms with Gasteiger partial charge in [-0.25, -0.2) is 14.5 Å². The Hall–Kier alpha value is -2.17. The lowest BCUT2D eigenvalue weighted by molar-refractivity contribution is 0.0683. The standard InChI is InChI=1S/C12H13N3O2/c1-2-6-10-13-11(12(16)17)14-15(10)9-7-4-3-5-8-9/h3-5,7-8H,2,6H2,1H3,(H,16,17). The number of nitrogens with zero attached hydrogens (tertiary/aromatic N) is 3. The number of aromatic carboxylic acids is 1.